The Morgan fingerprint density at radius 2 is 2.17 bits per heavy atom. The van der Waals surface area contributed by atoms with E-state index in [1.807, 2.05) is 6.07 Å². The number of hydrogen-bond acceptors (Lipinski definition) is 4. The molecule has 8 heteroatoms. The number of amides is 3. The number of urea groups is 1. The van der Waals surface area contributed by atoms with Crippen molar-refractivity contribution < 1.29 is 14.3 Å². The van der Waals surface area contributed by atoms with Gasteiger partial charge in [-0.25, -0.2) is 4.79 Å². The fourth-order valence-electron chi connectivity index (χ4n) is 2.39. The molecule has 0 saturated carbocycles. The van der Waals surface area contributed by atoms with Gasteiger partial charge >= 0.3 is 6.03 Å². The lowest BCUT2D eigenvalue weighted by molar-refractivity contribution is -0.145. The summed E-state index contributed by atoms with van der Waals surface area (Å²) in [5.41, 5.74) is 1.76. The number of carbonyl (C=O) groups excluding carboxylic acids is 2. The third-order valence-corrected chi connectivity index (χ3v) is 3.90. The number of hydrogen-bond donors (Lipinski definition) is 2. The highest BCUT2D eigenvalue weighted by atomic mass is 16.5. The summed E-state index contributed by atoms with van der Waals surface area (Å²) in [6.07, 6.45) is -0.598. The Hall–Kier alpha value is -2.09. The predicted molar refractivity (Wildman–Crippen MR) is 89.5 cm³/mol. The van der Waals surface area contributed by atoms with Crippen molar-refractivity contribution in [1.29, 1.82) is 0 Å². The van der Waals surface area contributed by atoms with Crippen molar-refractivity contribution in [2.75, 3.05) is 33.8 Å². The lowest BCUT2D eigenvalue weighted by atomic mass is 9.92. The zero-order chi connectivity index (χ0) is 17.9. The molecule has 3 amide bonds. The van der Waals surface area contributed by atoms with Crippen LogP contribution in [-0.4, -0.2) is 71.8 Å². The van der Waals surface area contributed by atoms with Crippen molar-refractivity contribution in [1.82, 2.24) is 25.3 Å². The number of morpholine rings is 1. The molecule has 2 heterocycles. The first-order chi connectivity index (χ1) is 11.2. The van der Waals surface area contributed by atoms with E-state index in [1.165, 1.54) is 4.90 Å². The van der Waals surface area contributed by atoms with E-state index >= 15 is 0 Å². The molecule has 8 nitrogen and oxygen atoms in total. The summed E-state index contributed by atoms with van der Waals surface area (Å²) < 4.78 is 5.46. The molecule has 1 atom stereocenters. The maximum atomic E-state index is 12.3. The van der Waals surface area contributed by atoms with Crippen molar-refractivity contribution in [2.45, 2.75) is 38.8 Å². The van der Waals surface area contributed by atoms with Gasteiger partial charge in [-0.1, -0.05) is 20.8 Å². The minimum Gasteiger partial charge on any atom is -0.365 e. The fraction of sp³-hybridized carbons (Fsp3) is 0.688. The molecule has 0 aromatic carbocycles. The van der Waals surface area contributed by atoms with Crippen LogP contribution in [0.3, 0.4) is 0 Å². The molecule has 2 rings (SSSR count). The standard InChI is InChI=1S/C16H27N5O3/c1-16(2,3)13-8-11(18-19-13)9-17-15(23)21-6-7-24-12(10-21)14(22)20(4)5/h8,12H,6-7,9-10H2,1-5H3,(H,17,23)(H,18,19)/t12-/m0/s1. The van der Waals surface area contributed by atoms with Gasteiger partial charge in [0.1, 0.15) is 0 Å². The first-order valence-corrected chi connectivity index (χ1v) is 8.09. The van der Waals surface area contributed by atoms with E-state index < -0.39 is 6.10 Å². The SMILES string of the molecule is CN(C)C(=O)[C@@H]1CN(C(=O)NCc2cc(C(C)(C)C)n[nH]2)CCO1. The molecule has 1 fully saturated rings. The Labute approximate surface area is 142 Å². The molecule has 1 saturated heterocycles. The van der Waals surface area contributed by atoms with E-state index in [2.05, 4.69) is 36.3 Å². The summed E-state index contributed by atoms with van der Waals surface area (Å²) >= 11 is 0. The van der Waals surface area contributed by atoms with Crippen LogP contribution >= 0.6 is 0 Å². The highest BCUT2D eigenvalue weighted by Crippen LogP contribution is 2.20. The number of H-pyrrole nitrogens is 1. The summed E-state index contributed by atoms with van der Waals surface area (Å²) in [4.78, 5) is 27.4. The van der Waals surface area contributed by atoms with Crippen LogP contribution in [0.5, 0.6) is 0 Å². The fourth-order valence-corrected chi connectivity index (χ4v) is 2.39. The second-order valence-corrected chi connectivity index (χ2v) is 7.23. The quantitative estimate of drug-likeness (QED) is 0.850. The average molecular weight is 337 g/mol. The van der Waals surface area contributed by atoms with Gasteiger partial charge in [0.2, 0.25) is 0 Å². The Morgan fingerprint density at radius 3 is 2.75 bits per heavy atom. The third kappa shape index (κ3) is 4.47. The Bertz CT molecular complexity index is 591. The molecule has 0 radical (unpaired) electrons. The van der Waals surface area contributed by atoms with Gasteiger partial charge in [-0.2, -0.15) is 5.10 Å². The van der Waals surface area contributed by atoms with Gasteiger partial charge < -0.3 is 19.9 Å². The molecule has 0 unspecified atom stereocenters. The predicted octanol–water partition coefficient (Wildman–Crippen LogP) is 0.706. The molecule has 0 aliphatic carbocycles. The normalized spacial score (nSPS) is 18.4. The minimum absolute atomic E-state index is 0.0390. The van der Waals surface area contributed by atoms with Crippen LogP contribution in [0.15, 0.2) is 6.07 Å². The first kappa shape index (κ1) is 18.3. The first-order valence-electron chi connectivity index (χ1n) is 8.09. The van der Waals surface area contributed by atoms with Gasteiger partial charge in [-0.3, -0.25) is 9.89 Å². The van der Waals surface area contributed by atoms with Gasteiger partial charge in [0, 0.05) is 26.1 Å². The van der Waals surface area contributed by atoms with E-state index in [9.17, 15) is 9.59 Å². The van der Waals surface area contributed by atoms with Crippen molar-refractivity contribution in [3.05, 3.63) is 17.5 Å². The third-order valence-electron chi connectivity index (χ3n) is 3.90. The van der Waals surface area contributed by atoms with Crippen molar-refractivity contribution in [3.63, 3.8) is 0 Å². The van der Waals surface area contributed by atoms with Crippen molar-refractivity contribution >= 4 is 11.9 Å². The molecule has 0 bridgehead atoms. The average Bonchev–Trinajstić information content (AvgIpc) is 3.01. The Balaban J connectivity index is 1.88. The molecule has 1 aliphatic heterocycles. The number of nitrogens with one attached hydrogen (secondary N) is 2. The molecule has 24 heavy (non-hydrogen) atoms. The summed E-state index contributed by atoms with van der Waals surface area (Å²) in [6, 6.07) is 1.75. The number of likely N-dealkylation sites (N-methyl/N-ethyl adjacent to an activating group) is 1. The second kappa shape index (κ2) is 7.21. The molecule has 0 spiro atoms. The molecular weight excluding hydrogens is 310 g/mol. The molecule has 1 aromatic heterocycles. The number of aromatic nitrogens is 2. The highest BCUT2D eigenvalue weighted by molar-refractivity contribution is 5.82. The van der Waals surface area contributed by atoms with Crippen molar-refractivity contribution in [2.24, 2.45) is 0 Å². The van der Waals surface area contributed by atoms with Gasteiger partial charge in [0.15, 0.2) is 6.10 Å². The monoisotopic (exact) mass is 337 g/mol. The number of nitrogens with zero attached hydrogens (tertiary/aromatic N) is 3. The van der Waals surface area contributed by atoms with Crippen molar-refractivity contribution in [3.8, 4) is 0 Å². The van der Waals surface area contributed by atoms with E-state index in [1.54, 1.807) is 19.0 Å². The van der Waals surface area contributed by atoms with Crippen LogP contribution in [0.1, 0.15) is 32.2 Å². The van der Waals surface area contributed by atoms with E-state index in [-0.39, 0.29) is 23.9 Å². The van der Waals surface area contributed by atoms with E-state index in [0.29, 0.717) is 19.7 Å². The van der Waals surface area contributed by atoms with Gasteiger partial charge in [-0.15, -0.1) is 0 Å². The maximum absolute atomic E-state index is 12.3. The zero-order valence-electron chi connectivity index (χ0n) is 15.0. The summed E-state index contributed by atoms with van der Waals surface area (Å²) in [5.74, 6) is -0.129. The molecule has 2 N–H and O–H groups in total. The van der Waals surface area contributed by atoms with Gasteiger partial charge in [-0.05, 0) is 6.07 Å². The van der Waals surface area contributed by atoms with E-state index in [0.717, 1.165) is 11.4 Å². The van der Waals surface area contributed by atoms with Crippen LogP contribution in [0, 0.1) is 0 Å². The Morgan fingerprint density at radius 1 is 1.46 bits per heavy atom. The highest BCUT2D eigenvalue weighted by Gasteiger charge is 2.30. The molecule has 134 valence electrons. The minimum atomic E-state index is -0.598. The number of carbonyl (C=O) groups is 2. The van der Waals surface area contributed by atoms with Crippen LogP contribution in [0.2, 0.25) is 0 Å². The summed E-state index contributed by atoms with van der Waals surface area (Å²) in [6.45, 7) is 7.71. The molecule has 1 aromatic rings. The Kier molecular flexibility index (Phi) is 5.48. The van der Waals surface area contributed by atoms with Gasteiger partial charge in [0.05, 0.1) is 31.1 Å². The zero-order valence-corrected chi connectivity index (χ0v) is 15.0. The van der Waals surface area contributed by atoms with Crippen LogP contribution < -0.4 is 5.32 Å². The lowest BCUT2D eigenvalue weighted by Gasteiger charge is -2.33. The van der Waals surface area contributed by atoms with Gasteiger partial charge in [0.25, 0.3) is 5.91 Å². The second-order valence-electron chi connectivity index (χ2n) is 7.23. The number of ether oxygens (including phenoxy) is 1. The molecular formula is C16H27N5O3. The topological polar surface area (TPSA) is 90.6 Å². The van der Waals surface area contributed by atoms with E-state index in [4.69, 9.17) is 4.74 Å². The summed E-state index contributed by atoms with van der Waals surface area (Å²) in [5, 5.41) is 10.1. The largest absolute Gasteiger partial charge is 0.365 e. The maximum Gasteiger partial charge on any atom is 0.317 e. The number of aromatic amines is 1. The van der Waals surface area contributed by atoms with Crippen LogP contribution in [-0.2, 0) is 21.5 Å². The van der Waals surface area contributed by atoms with Crippen LogP contribution in [0.4, 0.5) is 4.79 Å². The van der Waals surface area contributed by atoms with Crippen LogP contribution in [0.25, 0.3) is 0 Å². The lowest BCUT2D eigenvalue weighted by Crippen LogP contribution is -2.53. The smallest absolute Gasteiger partial charge is 0.317 e. The summed E-state index contributed by atoms with van der Waals surface area (Å²) in [7, 11) is 3.35. The molecule has 1 aliphatic rings. The number of rotatable bonds is 3.